The Balaban J connectivity index is -0.000000176. The lowest BCUT2D eigenvalue weighted by atomic mass is 9.88. The van der Waals surface area contributed by atoms with Gasteiger partial charge in [0.05, 0.1) is 0 Å². The molecule has 3 radical (unpaired) electrons. The van der Waals surface area contributed by atoms with E-state index in [1.165, 1.54) is 38.5 Å². The number of hydrogen-bond donors (Lipinski definition) is 0. The third-order valence-corrected chi connectivity index (χ3v) is 2.30. The molecule has 0 nitrogen and oxygen atoms in total. The first kappa shape index (κ1) is 20.0. The predicted octanol–water partition coefficient (Wildman–Crippen LogP) is 4.55. The molecule has 1 saturated carbocycles. The molecule has 0 N–H and O–H groups in total. The van der Waals surface area contributed by atoms with E-state index in [0.717, 1.165) is 14.5 Å². The summed E-state index contributed by atoms with van der Waals surface area (Å²) in [7, 11) is 1.08. The van der Waals surface area contributed by atoms with Crippen LogP contribution in [0, 0.1) is 5.92 Å². The van der Waals surface area contributed by atoms with Gasteiger partial charge in [0, 0.05) is 8.41 Å². The zero-order valence-electron chi connectivity index (χ0n) is 10.9. The molecule has 0 atom stereocenters. The quantitative estimate of drug-likeness (QED) is 0.444. The van der Waals surface area contributed by atoms with Gasteiger partial charge in [-0.2, -0.15) is 0 Å². The van der Waals surface area contributed by atoms with E-state index in [9.17, 15) is 0 Å². The van der Waals surface area contributed by atoms with Crippen molar-refractivity contribution in [3.63, 3.8) is 0 Å². The molecule has 1 rings (SSSR count). The molecule has 0 aromatic rings. The van der Waals surface area contributed by atoms with Gasteiger partial charge >= 0.3 is 0 Å². The van der Waals surface area contributed by atoms with E-state index < -0.39 is 0 Å². The normalized spacial score (nSPS) is 15.2. The molecule has 1 aliphatic carbocycles. The highest BCUT2D eigenvalue weighted by Gasteiger charge is 2.09. The maximum Gasteiger partial charge on any atom is 0 e. The van der Waals surface area contributed by atoms with E-state index in [2.05, 4.69) is 20.3 Å². The van der Waals surface area contributed by atoms with Gasteiger partial charge in [0.1, 0.15) is 0 Å². The topological polar surface area (TPSA) is 0 Å². The number of hydrogen-bond acceptors (Lipinski definition) is 0. The van der Waals surface area contributed by atoms with Crippen LogP contribution >= 0.6 is 8.58 Å². The van der Waals surface area contributed by atoms with E-state index in [1.54, 1.807) is 0 Å². The summed E-state index contributed by atoms with van der Waals surface area (Å²) in [5.41, 5.74) is 0. The van der Waals surface area contributed by atoms with Crippen LogP contribution in [0.2, 0.25) is 0 Å². The molecule has 0 amide bonds. The molecule has 0 heterocycles. The smallest absolute Gasteiger partial charge is 0 e. The lowest BCUT2D eigenvalue weighted by Gasteiger charge is -2.18. The molecular weight excluding hydrogens is 186 g/mol. The summed E-state index contributed by atoms with van der Waals surface area (Å²) in [6.07, 6.45) is 8.93. The van der Waals surface area contributed by atoms with Crippen molar-refractivity contribution in [1.29, 1.82) is 0 Å². The minimum atomic E-state index is 0. The fourth-order valence-corrected chi connectivity index (χ4v) is 1.60. The molecule has 85 valence electrons. The Kier molecular flexibility index (Phi) is 27.3. The van der Waals surface area contributed by atoms with Crippen LogP contribution in [0.3, 0.4) is 0 Å². The fraction of sp³-hybridized carbons (Fsp3) is 1.00. The molecule has 0 saturated heterocycles. The van der Waals surface area contributed by atoms with Crippen molar-refractivity contribution in [2.75, 3.05) is 13.3 Å². The van der Waals surface area contributed by atoms with Crippen molar-refractivity contribution in [3.8, 4) is 0 Å². The molecule has 0 aliphatic heterocycles. The van der Waals surface area contributed by atoms with E-state index >= 15 is 0 Å². The monoisotopic (exact) mass is 215 g/mol. The van der Waals surface area contributed by atoms with Gasteiger partial charge < -0.3 is 0 Å². The van der Waals surface area contributed by atoms with Crippen molar-refractivity contribution in [1.82, 2.24) is 0 Å². The molecule has 1 fully saturated rings. The van der Waals surface area contributed by atoms with Gasteiger partial charge in [-0.05, 0) is 19.2 Å². The Labute approximate surface area is 96.0 Å². The van der Waals surface area contributed by atoms with Crippen molar-refractivity contribution >= 4 is 17.0 Å². The van der Waals surface area contributed by atoms with E-state index in [4.69, 9.17) is 0 Å². The standard InChI is InChI=1S/C8H16.C2H7P.C2H6.B/c1-2-8-6-4-3-5-7-8;1-3-2;1-2;/h8H,2-7H2,1H3;3H,1-2H3;1-2H3;. The first-order valence-corrected chi connectivity index (χ1v) is 7.93. The highest BCUT2D eigenvalue weighted by molar-refractivity contribution is 7.35. The average Bonchev–Trinajstić information content (AvgIpc) is 2.23. The molecule has 14 heavy (non-hydrogen) atoms. The van der Waals surface area contributed by atoms with Crippen molar-refractivity contribution in [2.24, 2.45) is 5.92 Å². The van der Waals surface area contributed by atoms with Gasteiger partial charge in [-0.15, -0.1) is 8.58 Å². The van der Waals surface area contributed by atoms with Crippen molar-refractivity contribution < 1.29 is 0 Å². The first-order chi connectivity index (χ1) is 6.35. The second-order valence-electron chi connectivity index (χ2n) is 3.41. The largest absolute Gasteiger partial charge is 0.129 e. The van der Waals surface area contributed by atoms with Crippen molar-refractivity contribution in [2.45, 2.75) is 59.3 Å². The molecule has 0 unspecified atom stereocenters. The Hall–Kier alpha value is 0.495. The lowest BCUT2D eigenvalue weighted by molar-refractivity contribution is 0.349. The van der Waals surface area contributed by atoms with Gasteiger partial charge in [-0.25, -0.2) is 0 Å². The van der Waals surface area contributed by atoms with Gasteiger partial charge in [0.2, 0.25) is 0 Å². The minimum Gasteiger partial charge on any atom is -0.129 e. The van der Waals surface area contributed by atoms with Crippen LogP contribution in [0.5, 0.6) is 0 Å². The Morgan fingerprint density at radius 3 is 1.57 bits per heavy atom. The van der Waals surface area contributed by atoms with E-state index in [0.29, 0.717) is 0 Å². The van der Waals surface area contributed by atoms with Crippen LogP contribution in [0.1, 0.15) is 59.3 Å². The molecule has 0 spiro atoms. The van der Waals surface area contributed by atoms with Crippen LogP contribution in [0.15, 0.2) is 0 Å². The summed E-state index contributed by atoms with van der Waals surface area (Å²) in [6, 6.07) is 0. The molecule has 0 aromatic heterocycles. The van der Waals surface area contributed by atoms with Gasteiger partial charge in [0.25, 0.3) is 0 Å². The second kappa shape index (κ2) is 19.1. The summed E-state index contributed by atoms with van der Waals surface area (Å²) in [4.78, 5) is 0. The van der Waals surface area contributed by atoms with Crippen LogP contribution in [-0.2, 0) is 0 Å². The van der Waals surface area contributed by atoms with Crippen LogP contribution in [0.25, 0.3) is 0 Å². The zero-order chi connectivity index (χ0) is 10.5. The molecular formula is C12H29BP. The highest BCUT2D eigenvalue weighted by Crippen LogP contribution is 2.25. The maximum atomic E-state index is 2.32. The van der Waals surface area contributed by atoms with Crippen LogP contribution < -0.4 is 0 Å². The molecule has 0 bridgehead atoms. The van der Waals surface area contributed by atoms with Crippen molar-refractivity contribution in [3.05, 3.63) is 0 Å². The minimum absolute atomic E-state index is 0. The SMILES string of the molecule is CC.CCC1CCCCC1.CPC.[B]. The van der Waals surface area contributed by atoms with E-state index in [1.807, 2.05) is 13.8 Å². The van der Waals surface area contributed by atoms with E-state index in [-0.39, 0.29) is 8.41 Å². The molecule has 0 aromatic carbocycles. The van der Waals surface area contributed by atoms with Crippen LogP contribution in [-0.4, -0.2) is 21.7 Å². The third-order valence-electron chi connectivity index (χ3n) is 2.30. The number of rotatable bonds is 1. The van der Waals surface area contributed by atoms with Gasteiger partial charge in [-0.1, -0.05) is 59.3 Å². The zero-order valence-corrected chi connectivity index (χ0v) is 11.9. The Bertz CT molecular complexity index is 70.7. The summed E-state index contributed by atoms with van der Waals surface area (Å²) in [5, 5.41) is 0. The Morgan fingerprint density at radius 1 is 1.00 bits per heavy atom. The lowest BCUT2D eigenvalue weighted by Crippen LogP contribution is -2.03. The second-order valence-corrected chi connectivity index (χ2v) is 4.41. The summed E-state index contributed by atoms with van der Waals surface area (Å²) in [5.74, 6) is 1.09. The van der Waals surface area contributed by atoms with Crippen LogP contribution in [0.4, 0.5) is 0 Å². The summed E-state index contributed by atoms with van der Waals surface area (Å²) in [6.45, 7) is 10.6. The Morgan fingerprint density at radius 2 is 1.36 bits per heavy atom. The highest BCUT2D eigenvalue weighted by atomic mass is 31.1. The molecule has 2 heteroatoms. The van der Waals surface area contributed by atoms with Gasteiger partial charge in [-0.3, -0.25) is 0 Å². The predicted molar refractivity (Wildman–Crippen MR) is 74.1 cm³/mol. The average molecular weight is 215 g/mol. The summed E-state index contributed by atoms with van der Waals surface area (Å²) >= 11 is 0. The maximum absolute atomic E-state index is 2.32. The summed E-state index contributed by atoms with van der Waals surface area (Å²) < 4.78 is 0. The van der Waals surface area contributed by atoms with Gasteiger partial charge in [0.15, 0.2) is 0 Å². The fourth-order valence-electron chi connectivity index (χ4n) is 1.60. The third kappa shape index (κ3) is 15.0. The first-order valence-electron chi connectivity index (χ1n) is 5.93. The molecule has 1 aliphatic rings.